The molecule has 4 rings (SSSR count). The fourth-order valence-corrected chi connectivity index (χ4v) is 5.38. The molecule has 0 spiro atoms. The van der Waals surface area contributed by atoms with Gasteiger partial charge in [0, 0.05) is 24.5 Å². The van der Waals surface area contributed by atoms with Gasteiger partial charge in [0.2, 0.25) is 10.0 Å². The number of benzene rings is 1. The number of hydrogen-bond donors (Lipinski definition) is 1. The van der Waals surface area contributed by atoms with Gasteiger partial charge < -0.3 is 9.73 Å². The highest BCUT2D eigenvalue weighted by Crippen LogP contribution is 2.32. The number of nitrogens with zero attached hydrogens (tertiary/aromatic N) is 1. The molecule has 130 valence electrons. The Kier molecular flexibility index (Phi) is 4.14. The first kappa shape index (κ1) is 16.1. The molecule has 1 N–H and O–H groups in total. The zero-order valence-corrected chi connectivity index (χ0v) is 14.8. The van der Waals surface area contributed by atoms with Gasteiger partial charge in [-0.05, 0) is 44.7 Å². The summed E-state index contributed by atoms with van der Waals surface area (Å²) in [7, 11) is -3.02. The fraction of sp³-hybridized carbons (Fsp3) is 0.556. The zero-order chi connectivity index (χ0) is 16.7. The van der Waals surface area contributed by atoms with Crippen LogP contribution in [0.25, 0.3) is 11.0 Å². The molecule has 0 unspecified atom stereocenters. The summed E-state index contributed by atoms with van der Waals surface area (Å²) in [4.78, 5) is 0. The number of furan rings is 1. The van der Waals surface area contributed by atoms with Crippen LogP contribution in [0.1, 0.15) is 44.4 Å². The summed E-state index contributed by atoms with van der Waals surface area (Å²) in [6.45, 7) is 3.36. The first-order valence-electron chi connectivity index (χ1n) is 8.77. The number of nitrogens with one attached hydrogen (secondary N) is 1. The molecule has 0 radical (unpaired) electrons. The largest absolute Gasteiger partial charge is 0.459 e. The fourth-order valence-electron chi connectivity index (χ4n) is 3.51. The zero-order valence-electron chi connectivity index (χ0n) is 13.9. The van der Waals surface area contributed by atoms with E-state index in [1.165, 1.54) is 0 Å². The van der Waals surface area contributed by atoms with Gasteiger partial charge in [-0.3, -0.25) is 0 Å². The molecule has 2 aliphatic rings. The van der Waals surface area contributed by atoms with E-state index < -0.39 is 10.0 Å². The molecule has 1 saturated carbocycles. The van der Waals surface area contributed by atoms with Gasteiger partial charge in [-0.25, -0.2) is 12.7 Å². The Labute approximate surface area is 143 Å². The summed E-state index contributed by atoms with van der Waals surface area (Å²) in [6, 6.07) is 10.6. The maximum absolute atomic E-state index is 12.3. The van der Waals surface area contributed by atoms with Crippen LogP contribution in [0.4, 0.5) is 0 Å². The number of fused-ring (bicyclic) bond motifs is 1. The summed E-state index contributed by atoms with van der Waals surface area (Å²) < 4.78 is 32.2. The van der Waals surface area contributed by atoms with Crippen molar-refractivity contribution in [3.63, 3.8) is 0 Å². The van der Waals surface area contributed by atoms with Gasteiger partial charge in [-0.15, -0.1) is 0 Å². The first-order chi connectivity index (χ1) is 11.5. The number of para-hydroxylation sites is 1. The van der Waals surface area contributed by atoms with Crippen LogP contribution in [0.3, 0.4) is 0 Å². The summed E-state index contributed by atoms with van der Waals surface area (Å²) in [5, 5.41) is 4.61. The van der Waals surface area contributed by atoms with Gasteiger partial charge in [-0.1, -0.05) is 18.2 Å². The quantitative estimate of drug-likeness (QED) is 0.902. The lowest BCUT2D eigenvalue weighted by molar-refractivity contribution is 0.269. The Morgan fingerprint density at radius 1 is 1.17 bits per heavy atom. The summed E-state index contributed by atoms with van der Waals surface area (Å²) in [6.07, 6.45) is 3.39. The van der Waals surface area contributed by atoms with E-state index in [0.717, 1.165) is 42.4 Å². The molecule has 0 amide bonds. The minimum Gasteiger partial charge on any atom is -0.459 e. The van der Waals surface area contributed by atoms with Gasteiger partial charge in [-0.2, -0.15) is 0 Å². The van der Waals surface area contributed by atoms with E-state index in [1.807, 2.05) is 18.2 Å². The highest BCUT2D eigenvalue weighted by molar-refractivity contribution is 7.90. The molecule has 24 heavy (non-hydrogen) atoms. The normalized spacial score (nSPS) is 22.0. The van der Waals surface area contributed by atoms with Crippen LogP contribution in [0.2, 0.25) is 0 Å². The molecule has 1 atom stereocenters. The van der Waals surface area contributed by atoms with Gasteiger partial charge in [0.15, 0.2) is 0 Å². The highest BCUT2D eigenvalue weighted by Gasteiger charge is 2.41. The third kappa shape index (κ3) is 3.10. The van der Waals surface area contributed by atoms with Crippen molar-refractivity contribution < 1.29 is 12.8 Å². The molecule has 6 heteroatoms. The summed E-state index contributed by atoms with van der Waals surface area (Å²) in [5.41, 5.74) is 0.909. The summed E-state index contributed by atoms with van der Waals surface area (Å²) in [5.74, 6) is 0.934. The van der Waals surface area contributed by atoms with Crippen LogP contribution in [0.5, 0.6) is 0 Å². The standard InChI is InChI=1S/C18H24N2O3S/c1-13(18-12-14-4-2-3-5-17(14)23-18)19-15-8-10-20(11-9-15)24(21,22)16-6-7-16/h2-5,12-13,15-16,19H,6-11H2,1H3/t13-/m0/s1. The van der Waals surface area contributed by atoms with Crippen molar-refractivity contribution in [3.8, 4) is 0 Å². The number of piperidine rings is 1. The van der Waals surface area contributed by atoms with Gasteiger partial charge in [0.05, 0.1) is 11.3 Å². The topological polar surface area (TPSA) is 62.6 Å². The van der Waals surface area contributed by atoms with Crippen molar-refractivity contribution in [2.24, 2.45) is 0 Å². The number of sulfonamides is 1. The second-order valence-corrected chi connectivity index (χ2v) is 9.21. The second kappa shape index (κ2) is 6.17. The Morgan fingerprint density at radius 2 is 1.88 bits per heavy atom. The summed E-state index contributed by atoms with van der Waals surface area (Å²) >= 11 is 0. The molecule has 2 aromatic rings. The number of hydrogen-bond acceptors (Lipinski definition) is 4. The lowest BCUT2D eigenvalue weighted by atomic mass is 10.1. The molecule has 1 aromatic carbocycles. The number of rotatable bonds is 5. The van der Waals surface area contributed by atoms with E-state index in [0.29, 0.717) is 19.1 Å². The molecule has 5 nitrogen and oxygen atoms in total. The monoisotopic (exact) mass is 348 g/mol. The third-order valence-corrected chi connectivity index (χ3v) is 7.52. The van der Waals surface area contributed by atoms with E-state index in [2.05, 4.69) is 24.4 Å². The van der Waals surface area contributed by atoms with Crippen molar-refractivity contribution in [3.05, 3.63) is 36.1 Å². The van der Waals surface area contributed by atoms with E-state index in [9.17, 15) is 8.42 Å². The van der Waals surface area contributed by atoms with Gasteiger partial charge in [0.25, 0.3) is 0 Å². The van der Waals surface area contributed by atoms with Gasteiger partial charge >= 0.3 is 0 Å². The van der Waals surface area contributed by atoms with E-state index in [1.54, 1.807) is 4.31 Å². The second-order valence-electron chi connectivity index (χ2n) is 6.99. The van der Waals surface area contributed by atoms with Crippen LogP contribution in [-0.2, 0) is 10.0 Å². The highest BCUT2D eigenvalue weighted by atomic mass is 32.2. The van der Waals surface area contributed by atoms with Gasteiger partial charge in [0.1, 0.15) is 11.3 Å². The molecule has 0 bridgehead atoms. The molecule has 1 aliphatic heterocycles. The Hall–Kier alpha value is -1.37. The van der Waals surface area contributed by atoms with E-state index in [4.69, 9.17) is 4.42 Å². The lowest BCUT2D eigenvalue weighted by Crippen LogP contribution is -2.46. The maximum atomic E-state index is 12.3. The lowest BCUT2D eigenvalue weighted by Gasteiger charge is -2.33. The SMILES string of the molecule is C[C@H](NC1CCN(S(=O)(=O)C2CC2)CC1)c1cc2ccccc2o1. The average Bonchev–Trinajstić information content (AvgIpc) is 3.35. The van der Waals surface area contributed by atoms with Crippen molar-refractivity contribution in [1.29, 1.82) is 0 Å². The van der Waals surface area contributed by atoms with E-state index in [-0.39, 0.29) is 11.3 Å². The smallest absolute Gasteiger partial charge is 0.216 e. The van der Waals surface area contributed by atoms with Crippen LogP contribution >= 0.6 is 0 Å². The molecule has 1 saturated heterocycles. The molecule has 1 aromatic heterocycles. The molecule has 2 fully saturated rings. The maximum Gasteiger partial charge on any atom is 0.216 e. The van der Waals surface area contributed by atoms with Crippen LogP contribution < -0.4 is 5.32 Å². The first-order valence-corrected chi connectivity index (χ1v) is 10.3. The average molecular weight is 348 g/mol. The Morgan fingerprint density at radius 3 is 2.54 bits per heavy atom. The molecule has 2 heterocycles. The third-order valence-electron chi connectivity index (χ3n) is 5.12. The minimum atomic E-state index is -3.02. The Balaban J connectivity index is 1.36. The molecular formula is C18H24N2O3S. The Bertz CT molecular complexity index is 785. The predicted octanol–water partition coefficient (Wildman–Crippen LogP) is 3.04. The van der Waals surface area contributed by atoms with Crippen molar-refractivity contribution in [2.45, 2.75) is 49.9 Å². The van der Waals surface area contributed by atoms with Crippen molar-refractivity contribution in [2.75, 3.05) is 13.1 Å². The van der Waals surface area contributed by atoms with Crippen molar-refractivity contribution >= 4 is 21.0 Å². The van der Waals surface area contributed by atoms with Crippen LogP contribution in [0.15, 0.2) is 34.7 Å². The predicted molar refractivity (Wildman–Crippen MR) is 94.3 cm³/mol. The van der Waals surface area contributed by atoms with Crippen molar-refractivity contribution in [1.82, 2.24) is 9.62 Å². The molecule has 1 aliphatic carbocycles. The minimum absolute atomic E-state index is 0.100. The molecular weight excluding hydrogens is 324 g/mol. The van der Waals surface area contributed by atoms with Crippen LogP contribution in [0, 0.1) is 0 Å². The van der Waals surface area contributed by atoms with Crippen LogP contribution in [-0.4, -0.2) is 37.1 Å². The van der Waals surface area contributed by atoms with E-state index >= 15 is 0 Å².